The summed E-state index contributed by atoms with van der Waals surface area (Å²) in [5.41, 5.74) is 1.68. The molecule has 68 valence electrons. The number of aliphatic hydroxyl groups is 1. The highest BCUT2D eigenvalue weighted by atomic mass is 32.1. The largest absolute Gasteiger partial charge is 0.364 e. The summed E-state index contributed by atoms with van der Waals surface area (Å²) in [5, 5.41) is 11.5. The summed E-state index contributed by atoms with van der Waals surface area (Å²) in [6.07, 6.45) is 0.816. The van der Waals surface area contributed by atoms with Gasteiger partial charge in [-0.25, -0.2) is 0 Å². The lowest BCUT2D eigenvalue weighted by Crippen LogP contribution is -1.99. The van der Waals surface area contributed by atoms with Crippen LogP contribution >= 0.6 is 11.3 Å². The first-order chi connectivity index (χ1) is 6.33. The molecule has 0 aliphatic heterocycles. The summed E-state index contributed by atoms with van der Waals surface area (Å²) in [6, 6.07) is 3.69. The van der Waals surface area contributed by atoms with Crippen molar-refractivity contribution in [2.24, 2.45) is 0 Å². The standard InChI is InChI=1S/C9H9NO2S/c1-12-9(11)6-2-4-10-7-3-5-13-8(6)7/h2-5,9,11H,1H3. The zero-order valence-corrected chi connectivity index (χ0v) is 7.91. The number of pyridine rings is 1. The number of aromatic nitrogens is 1. The first-order valence-electron chi connectivity index (χ1n) is 3.86. The highest BCUT2D eigenvalue weighted by molar-refractivity contribution is 7.17. The molecule has 2 aromatic heterocycles. The van der Waals surface area contributed by atoms with Crippen LogP contribution in [-0.4, -0.2) is 17.2 Å². The number of hydrogen-bond donors (Lipinski definition) is 1. The van der Waals surface area contributed by atoms with Crippen LogP contribution in [0, 0.1) is 0 Å². The molecule has 0 saturated carbocycles. The van der Waals surface area contributed by atoms with E-state index in [4.69, 9.17) is 4.74 Å². The zero-order chi connectivity index (χ0) is 9.26. The Hall–Kier alpha value is -0.970. The summed E-state index contributed by atoms with van der Waals surface area (Å²) in [7, 11) is 1.48. The van der Waals surface area contributed by atoms with Crippen molar-refractivity contribution in [3.8, 4) is 0 Å². The van der Waals surface area contributed by atoms with E-state index in [0.717, 1.165) is 15.8 Å². The molecular weight excluding hydrogens is 186 g/mol. The van der Waals surface area contributed by atoms with Gasteiger partial charge in [0.05, 0.1) is 10.2 Å². The molecule has 0 aromatic carbocycles. The molecule has 4 heteroatoms. The number of fused-ring (bicyclic) bond motifs is 1. The number of aliphatic hydroxyl groups excluding tert-OH is 1. The van der Waals surface area contributed by atoms with Gasteiger partial charge >= 0.3 is 0 Å². The lowest BCUT2D eigenvalue weighted by Gasteiger charge is -2.08. The molecule has 0 fully saturated rings. The summed E-state index contributed by atoms with van der Waals surface area (Å²) >= 11 is 1.56. The molecule has 0 bridgehead atoms. The Morgan fingerprint density at radius 3 is 3.15 bits per heavy atom. The fraction of sp³-hybridized carbons (Fsp3) is 0.222. The fourth-order valence-electron chi connectivity index (χ4n) is 1.22. The monoisotopic (exact) mass is 195 g/mol. The summed E-state index contributed by atoms with van der Waals surface area (Å²) in [6.45, 7) is 0. The molecule has 1 unspecified atom stereocenters. The molecule has 0 spiro atoms. The average molecular weight is 195 g/mol. The first kappa shape index (κ1) is 8.62. The summed E-state index contributed by atoms with van der Waals surface area (Å²) < 4.78 is 5.83. The van der Waals surface area contributed by atoms with E-state index < -0.39 is 6.29 Å². The SMILES string of the molecule is COC(O)c1ccnc2ccsc12. The molecule has 13 heavy (non-hydrogen) atoms. The second-order valence-electron chi connectivity index (χ2n) is 2.62. The van der Waals surface area contributed by atoms with Crippen LogP contribution in [0.5, 0.6) is 0 Å². The van der Waals surface area contributed by atoms with Gasteiger partial charge in [-0.3, -0.25) is 4.98 Å². The van der Waals surface area contributed by atoms with E-state index in [0.29, 0.717) is 0 Å². The average Bonchev–Trinajstić information content (AvgIpc) is 2.63. The number of hydrogen-bond acceptors (Lipinski definition) is 4. The van der Waals surface area contributed by atoms with Crippen LogP contribution in [0.2, 0.25) is 0 Å². The number of ether oxygens (including phenoxy) is 1. The second-order valence-corrected chi connectivity index (χ2v) is 3.54. The van der Waals surface area contributed by atoms with Gasteiger partial charge in [0.1, 0.15) is 0 Å². The van der Waals surface area contributed by atoms with Gasteiger partial charge in [-0.05, 0) is 17.5 Å². The molecule has 1 N–H and O–H groups in total. The number of nitrogens with zero attached hydrogens (tertiary/aromatic N) is 1. The third-order valence-electron chi connectivity index (χ3n) is 1.86. The van der Waals surface area contributed by atoms with Crippen molar-refractivity contribution >= 4 is 21.6 Å². The van der Waals surface area contributed by atoms with E-state index in [-0.39, 0.29) is 0 Å². The maximum Gasteiger partial charge on any atom is 0.182 e. The molecule has 2 rings (SSSR count). The topological polar surface area (TPSA) is 42.4 Å². The van der Waals surface area contributed by atoms with Crippen molar-refractivity contribution in [2.75, 3.05) is 7.11 Å². The quantitative estimate of drug-likeness (QED) is 0.744. The summed E-state index contributed by atoms with van der Waals surface area (Å²) in [5.74, 6) is 0. The third-order valence-corrected chi connectivity index (χ3v) is 2.82. The van der Waals surface area contributed by atoms with E-state index in [1.807, 2.05) is 11.4 Å². The molecule has 0 aliphatic carbocycles. The fourth-order valence-corrected chi connectivity index (χ4v) is 2.09. The lowest BCUT2D eigenvalue weighted by molar-refractivity contribution is -0.0758. The van der Waals surface area contributed by atoms with Crippen molar-refractivity contribution < 1.29 is 9.84 Å². The van der Waals surface area contributed by atoms with Crippen molar-refractivity contribution in [3.63, 3.8) is 0 Å². The Morgan fingerprint density at radius 1 is 1.54 bits per heavy atom. The van der Waals surface area contributed by atoms with Gasteiger partial charge in [-0.15, -0.1) is 11.3 Å². The number of rotatable bonds is 2. The zero-order valence-electron chi connectivity index (χ0n) is 7.10. The third kappa shape index (κ3) is 1.44. The molecule has 1 atom stereocenters. The molecule has 2 heterocycles. The maximum atomic E-state index is 9.50. The Bertz CT molecular complexity index is 413. The summed E-state index contributed by atoms with van der Waals surface area (Å²) in [4.78, 5) is 4.16. The van der Waals surface area contributed by atoms with Gasteiger partial charge in [-0.2, -0.15) is 0 Å². The van der Waals surface area contributed by atoms with Crippen LogP contribution in [0.1, 0.15) is 11.9 Å². The highest BCUT2D eigenvalue weighted by Crippen LogP contribution is 2.27. The Kier molecular flexibility index (Phi) is 2.26. The molecule has 0 saturated heterocycles. The first-order valence-corrected chi connectivity index (χ1v) is 4.74. The minimum atomic E-state index is -0.857. The molecule has 3 nitrogen and oxygen atoms in total. The molecular formula is C9H9NO2S. The van der Waals surface area contributed by atoms with Crippen molar-refractivity contribution in [2.45, 2.75) is 6.29 Å². The predicted octanol–water partition coefficient (Wildman–Crippen LogP) is 1.93. The Morgan fingerprint density at radius 2 is 2.38 bits per heavy atom. The van der Waals surface area contributed by atoms with Crippen LogP contribution in [0.4, 0.5) is 0 Å². The van der Waals surface area contributed by atoms with E-state index in [9.17, 15) is 5.11 Å². The smallest absolute Gasteiger partial charge is 0.182 e. The van der Waals surface area contributed by atoms with Crippen LogP contribution in [-0.2, 0) is 4.74 Å². The number of methoxy groups -OCH3 is 1. The van der Waals surface area contributed by atoms with Crippen LogP contribution in [0.15, 0.2) is 23.7 Å². The molecule has 0 aliphatic rings. The lowest BCUT2D eigenvalue weighted by atomic mass is 10.2. The second kappa shape index (κ2) is 3.41. The van der Waals surface area contributed by atoms with Gasteiger partial charge in [0.25, 0.3) is 0 Å². The van der Waals surface area contributed by atoms with E-state index in [1.165, 1.54) is 7.11 Å². The minimum absolute atomic E-state index is 0.780. The molecule has 2 aromatic rings. The number of thiophene rings is 1. The van der Waals surface area contributed by atoms with Gasteiger partial charge in [0, 0.05) is 18.9 Å². The normalized spacial score (nSPS) is 13.4. The van der Waals surface area contributed by atoms with Crippen LogP contribution in [0.25, 0.3) is 10.2 Å². The van der Waals surface area contributed by atoms with Gasteiger partial charge < -0.3 is 9.84 Å². The van der Waals surface area contributed by atoms with Crippen LogP contribution in [0.3, 0.4) is 0 Å². The highest BCUT2D eigenvalue weighted by Gasteiger charge is 2.10. The Balaban J connectivity index is 2.60. The van der Waals surface area contributed by atoms with Crippen LogP contribution < -0.4 is 0 Å². The predicted molar refractivity (Wildman–Crippen MR) is 51.6 cm³/mol. The van der Waals surface area contributed by atoms with Gasteiger partial charge in [0.15, 0.2) is 6.29 Å². The maximum absolute atomic E-state index is 9.50. The van der Waals surface area contributed by atoms with Crippen molar-refractivity contribution in [1.82, 2.24) is 4.98 Å². The van der Waals surface area contributed by atoms with Crippen molar-refractivity contribution in [3.05, 3.63) is 29.3 Å². The minimum Gasteiger partial charge on any atom is -0.364 e. The molecule has 0 amide bonds. The van der Waals surface area contributed by atoms with E-state index in [1.54, 1.807) is 23.6 Å². The van der Waals surface area contributed by atoms with Gasteiger partial charge in [-0.1, -0.05) is 0 Å². The van der Waals surface area contributed by atoms with E-state index in [2.05, 4.69) is 4.98 Å². The molecule has 0 radical (unpaired) electrons. The Labute approximate surface area is 79.6 Å². The van der Waals surface area contributed by atoms with Gasteiger partial charge in [0.2, 0.25) is 0 Å². The van der Waals surface area contributed by atoms with Crippen molar-refractivity contribution in [1.29, 1.82) is 0 Å². The van der Waals surface area contributed by atoms with E-state index >= 15 is 0 Å².